The maximum absolute atomic E-state index is 12.1. The van der Waals surface area contributed by atoms with Crippen LogP contribution < -0.4 is 16.0 Å². The van der Waals surface area contributed by atoms with E-state index in [0.29, 0.717) is 6.54 Å². The average molecular weight is 397 g/mol. The van der Waals surface area contributed by atoms with Crippen LogP contribution in [0.1, 0.15) is 44.1 Å². The van der Waals surface area contributed by atoms with Gasteiger partial charge >= 0.3 is 0 Å². The van der Waals surface area contributed by atoms with Gasteiger partial charge in [-0.25, -0.2) is 0 Å². The molecule has 0 aliphatic heterocycles. The van der Waals surface area contributed by atoms with Crippen LogP contribution in [-0.4, -0.2) is 35.2 Å². The topological polar surface area (TPSA) is 83.3 Å². The molecule has 3 N–H and O–H groups in total. The fraction of sp³-hybridized carbons (Fsp3) is 0.500. The van der Waals surface area contributed by atoms with Crippen LogP contribution in [0.15, 0.2) is 47.7 Å². The molecule has 0 bridgehead atoms. The number of aliphatic imine (C=N–C) groups is 1. The molecule has 0 atom stereocenters. The maximum atomic E-state index is 12.1. The molecule has 1 aromatic carbocycles. The summed E-state index contributed by atoms with van der Waals surface area (Å²) in [5.74, 6) is 1.64. The van der Waals surface area contributed by atoms with Crippen molar-refractivity contribution in [3.05, 3.63) is 48.3 Å². The molecule has 1 aliphatic carbocycles. The molecule has 0 radical (unpaired) electrons. The summed E-state index contributed by atoms with van der Waals surface area (Å²) < 4.78 is 1.60. The zero-order valence-corrected chi connectivity index (χ0v) is 17.2. The number of aromatic nitrogens is 2. The molecule has 1 aromatic heterocycles. The van der Waals surface area contributed by atoms with Gasteiger partial charge in [0.15, 0.2) is 5.96 Å². The van der Waals surface area contributed by atoms with Gasteiger partial charge < -0.3 is 16.0 Å². The van der Waals surface area contributed by atoms with Gasteiger partial charge in [-0.15, -0.1) is 0 Å². The van der Waals surface area contributed by atoms with E-state index in [9.17, 15) is 4.79 Å². The van der Waals surface area contributed by atoms with E-state index in [1.165, 1.54) is 38.5 Å². The fourth-order valence-electron chi connectivity index (χ4n) is 3.80. The number of rotatable bonds is 9. The van der Waals surface area contributed by atoms with E-state index in [-0.39, 0.29) is 12.5 Å². The highest BCUT2D eigenvalue weighted by molar-refractivity contribution is 5.90. The van der Waals surface area contributed by atoms with E-state index in [2.05, 4.69) is 26.0 Å². The summed E-state index contributed by atoms with van der Waals surface area (Å²) in [6, 6.07) is 9.64. The number of guanidine groups is 1. The van der Waals surface area contributed by atoms with Crippen LogP contribution in [0, 0.1) is 5.92 Å². The van der Waals surface area contributed by atoms with Crippen LogP contribution in [0.5, 0.6) is 0 Å². The Bertz CT molecular complexity index is 780. The second-order valence-electron chi connectivity index (χ2n) is 7.60. The Balaban J connectivity index is 1.39. The minimum atomic E-state index is -0.0986. The van der Waals surface area contributed by atoms with E-state index in [0.717, 1.165) is 29.7 Å². The molecule has 3 rings (SSSR count). The second kappa shape index (κ2) is 11.2. The maximum Gasteiger partial charge on any atom is 0.246 e. The van der Waals surface area contributed by atoms with E-state index < -0.39 is 0 Å². The normalized spacial score (nSPS) is 14.7. The summed E-state index contributed by atoms with van der Waals surface area (Å²) in [4.78, 5) is 16.4. The van der Waals surface area contributed by atoms with Gasteiger partial charge in [-0.05, 0) is 42.5 Å². The number of hydrogen-bond acceptors (Lipinski definition) is 3. The van der Waals surface area contributed by atoms with Gasteiger partial charge in [-0.3, -0.25) is 14.5 Å². The van der Waals surface area contributed by atoms with Gasteiger partial charge in [0.25, 0.3) is 0 Å². The third-order valence-electron chi connectivity index (χ3n) is 5.32. The third kappa shape index (κ3) is 7.25. The Hall–Kier alpha value is -2.83. The number of amides is 1. The molecule has 1 saturated carbocycles. The van der Waals surface area contributed by atoms with Crippen molar-refractivity contribution < 1.29 is 4.79 Å². The van der Waals surface area contributed by atoms with Gasteiger partial charge in [0, 0.05) is 38.2 Å². The minimum absolute atomic E-state index is 0.0986. The standard InChI is InChI=1S/C22H32N6O/c1-23-22(24-12-5-10-18-7-2-3-8-18)25-16-19-9-4-11-20(15-19)27-21(29)17-28-14-6-13-26-28/h4,6,9,11,13-15,18H,2-3,5,7-8,10,12,16-17H2,1H3,(H,27,29)(H2,23,24,25). The van der Waals surface area contributed by atoms with Crippen molar-refractivity contribution in [1.82, 2.24) is 20.4 Å². The first-order valence-corrected chi connectivity index (χ1v) is 10.5. The van der Waals surface area contributed by atoms with Crippen LogP contribution in [0.3, 0.4) is 0 Å². The highest BCUT2D eigenvalue weighted by atomic mass is 16.2. The Labute approximate surface area is 173 Å². The van der Waals surface area contributed by atoms with Crippen molar-refractivity contribution >= 4 is 17.6 Å². The summed E-state index contributed by atoms with van der Waals surface area (Å²) in [6.07, 6.45) is 11.5. The van der Waals surface area contributed by atoms with Crippen molar-refractivity contribution in [1.29, 1.82) is 0 Å². The van der Waals surface area contributed by atoms with Gasteiger partial charge in [-0.2, -0.15) is 5.10 Å². The first-order valence-electron chi connectivity index (χ1n) is 10.5. The molecule has 0 saturated heterocycles. The van der Waals surface area contributed by atoms with Crippen LogP contribution in [0.25, 0.3) is 0 Å². The van der Waals surface area contributed by atoms with Gasteiger partial charge in [0.1, 0.15) is 6.54 Å². The van der Waals surface area contributed by atoms with Crippen LogP contribution >= 0.6 is 0 Å². The number of nitrogens with zero attached hydrogens (tertiary/aromatic N) is 3. The zero-order chi connectivity index (χ0) is 20.3. The van der Waals surface area contributed by atoms with Gasteiger partial charge in [-0.1, -0.05) is 37.8 Å². The Morgan fingerprint density at radius 2 is 2.10 bits per heavy atom. The van der Waals surface area contributed by atoms with Gasteiger partial charge in [0.05, 0.1) is 0 Å². The summed E-state index contributed by atoms with van der Waals surface area (Å²) in [6.45, 7) is 1.79. The Morgan fingerprint density at radius 3 is 2.86 bits per heavy atom. The molecule has 1 amide bonds. The number of nitrogens with one attached hydrogen (secondary N) is 3. The van der Waals surface area contributed by atoms with Crippen LogP contribution in [-0.2, 0) is 17.9 Å². The molecule has 0 spiro atoms. The van der Waals surface area contributed by atoms with Crippen molar-refractivity contribution in [2.24, 2.45) is 10.9 Å². The predicted molar refractivity (Wildman–Crippen MR) is 117 cm³/mol. The SMILES string of the molecule is CN=C(NCCCC1CCCC1)NCc1cccc(NC(=O)Cn2cccn2)c1. The lowest BCUT2D eigenvalue weighted by molar-refractivity contribution is -0.116. The molecule has 29 heavy (non-hydrogen) atoms. The first kappa shape index (κ1) is 20.9. The highest BCUT2D eigenvalue weighted by Gasteiger charge is 2.14. The smallest absolute Gasteiger partial charge is 0.246 e. The molecule has 2 aromatic rings. The van der Waals surface area contributed by atoms with Crippen molar-refractivity contribution in [3.8, 4) is 0 Å². The third-order valence-corrected chi connectivity index (χ3v) is 5.32. The molecule has 7 nitrogen and oxygen atoms in total. The molecule has 7 heteroatoms. The molecular weight excluding hydrogens is 364 g/mol. The molecule has 0 unspecified atom stereocenters. The quantitative estimate of drug-likeness (QED) is 0.345. The fourth-order valence-corrected chi connectivity index (χ4v) is 3.80. The second-order valence-corrected chi connectivity index (χ2v) is 7.60. The van der Waals surface area contributed by atoms with Crippen LogP contribution in [0.2, 0.25) is 0 Å². The lowest BCUT2D eigenvalue weighted by Gasteiger charge is -2.14. The largest absolute Gasteiger partial charge is 0.356 e. The molecule has 1 heterocycles. The van der Waals surface area contributed by atoms with E-state index in [4.69, 9.17) is 0 Å². The molecular formula is C22H32N6O. The van der Waals surface area contributed by atoms with Gasteiger partial charge in [0.2, 0.25) is 5.91 Å². The lowest BCUT2D eigenvalue weighted by Crippen LogP contribution is -2.37. The molecule has 1 fully saturated rings. The number of benzene rings is 1. The molecule has 156 valence electrons. The van der Waals surface area contributed by atoms with Crippen molar-refractivity contribution in [2.75, 3.05) is 18.9 Å². The van der Waals surface area contributed by atoms with E-state index >= 15 is 0 Å². The number of hydrogen-bond donors (Lipinski definition) is 3. The Kier molecular flexibility index (Phi) is 8.10. The van der Waals surface area contributed by atoms with E-state index in [1.807, 2.05) is 24.3 Å². The summed E-state index contributed by atoms with van der Waals surface area (Å²) in [7, 11) is 1.79. The Morgan fingerprint density at radius 1 is 1.24 bits per heavy atom. The summed E-state index contributed by atoms with van der Waals surface area (Å²) in [5, 5.41) is 13.7. The predicted octanol–water partition coefficient (Wildman–Crippen LogP) is 3.16. The van der Waals surface area contributed by atoms with E-state index in [1.54, 1.807) is 30.2 Å². The van der Waals surface area contributed by atoms with Crippen molar-refractivity contribution in [3.63, 3.8) is 0 Å². The number of anilines is 1. The van der Waals surface area contributed by atoms with Crippen molar-refractivity contribution in [2.45, 2.75) is 51.6 Å². The average Bonchev–Trinajstić information content (AvgIpc) is 3.42. The highest BCUT2D eigenvalue weighted by Crippen LogP contribution is 2.28. The molecule has 1 aliphatic rings. The lowest BCUT2D eigenvalue weighted by atomic mass is 10.0. The minimum Gasteiger partial charge on any atom is -0.356 e. The summed E-state index contributed by atoms with van der Waals surface area (Å²) >= 11 is 0. The number of carbonyl (C=O) groups is 1. The zero-order valence-electron chi connectivity index (χ0n) is 17.2. The number of carbonyl (C=O) groups excluding carboxylic acids is 1. The summed E-state index contributed by atoms with van der Waals surface area (Å²) in [5.41, 5.74) is 1.86. The monoisotopic (exact) mass is 396 g/mol. The first-order chi connectivity index (χ1) is 14.2. The van der Waals surface area contributed by atoms with Crippen LogP contribution in [0.4, 0.5) is 5.69 Å².